The van der Waals surface area contributed by atoms with E-state index in [4.69, 9.17) is 0 Å². The normalized spacial score (nSPS) is 18.0. The van der Waals surface area contributed by atoms with Crippen molar-refractivity contribution < 1.29 is 4.39 Å². The summed E-state index contributed by atoms with van der Waals surface area (Å²) in [6.07, 6.45) is 12.5. The molecule has 0 heterocycles. The van der Waals surface area contributed by atoms with Crippen molar-refractivity contribution >= 4 is 10.8 Å². The highest BCUT2D eigenvalue weighted by Gasteiger charge is 2.20. The Morgan fingerprint density at radius 3 is 2.30 bits per heavy atom. The van der Waals surface area contributed by atoms with Crippen molar-refractivity contribution in [3.8, 4) is 11.8 Å². The zero-order valence-corrected chi connectivity index (χ0v) is 19.9. The first kappa shape index (κ1) is 23.3. The first-order chi connectivity index (χ1) is 16.2. The minimum atomic E-state index is -0.0566. The van der Waals surface area contributed by atoms with Gasteiger partial charge in [0.2, 0.25) is 0 Å². The summed E-state index contributed by atoms with van der Waals surface area (Å²) in [7, 11) is 0. The summed E-state index contributed by atoms with van der Waals surface area (Å²) in [5, 5.41) is 1.63. The minimum absolute atomic E-state index is 0.0566. The van der Waals surface area contributed by atoms with Gasteiger partial charge in [-0.05, 0) is 91.1 Å². The van der Waals surface area contributed by atoms with Gasteiger partial charge in [-0.25, -0.2) is 4.39 Å². The summed E-state index contributed by atoms with van der Waals surface area (Å²) in [5.74, 6) is 7.97. The zero-order chi connectivity index (χ0) is 23.0. The monoisotopic (exact) mass is 438 g/mol. The third-order valence-corrected chi connectivity index (χ3v) is 7.17. The molecular formula is C32H35F. The molecule has 1 aliphatic carbocycles. The highest BCUT2D eigenvalue weighted by atomic mass is 19.1. The quantitative estimate of drug-likeness (QED) is 0.256. The predicted octanol–water partition coefficient (Wildman–Crippen LogP) is 8.65. The first-order valence-electron chi connectivity index (χ1n) is 12.6. The van der Waals surface area contributed by atoms with Crippen LogP contribution in [-0.2, 0) is 12.8 Å². The van der Waals surface area contributed by atoms with Gasteiger partial charge in [-0.3, -0.25) is 0 Å². The lowest BCUT2D eigenvalue weighted by molar-refractivity contribution is 0.264. The molecule has 1 aliphatic rings. The van der Waals surface area contributed by atoms with E-state index >= 15 is 4.39 Å². The van der Waals surface area contributed by atoms with Gasteiger partial charge in [0.1, 0.15) is 5.82 Å². The lowest BCUT2D eigenvalue weighted by atomic mass is 9.78. The van der Waals surface area contributed by atoms with Crippen LogP contribution >= 0.6 is 0 Å². The molecule has 3 aromatic carbocycles. The molecule has 0 spiro atoms. The molecule has 0 saturated heterocycles. The molecule has 0 aliphatic heterocycles. The van der Waals surface area contributed by atoms with E-state index in [1.54, 1.807) is 0 Å². The van der Waals surface area contributed by atoms with Gasteiger partial charge in [0.25, 0.3) is 0 Å². The van der Waals surface area contributed by atoms with Crippen LogP contribution < -0.4 is 0 Å². The molecule has 4 rings (SSSR count). The number of aryl methyl sites for hydroxylation is 2. The molecule has 0 nitrogen and oxygen atoms in total. The summed E-state index contributed by atoms with van der Waals surface area (Å²) in [6.45, 7) is 6.06. The van der Waals surface area contributed by atoms with Gasteiger partial charge in [0.15, 0.2) is 0 Å². The third kappa shape index (κ3) is 6.14. The Morgan fingerprint density at radius 2 is 1.58 bits per heavy atom. The van der Waals surface area contributed by atoms with Crippen LogP contribution in [0, 0.1) is 29.5 Å². The van der Waals surface area contributed by atoms with E-state index in [-0.39, 0.29) is 5.82 Å². The van der Waals surface area contributed by atoms with Crippen molar-refractivity contribution in [3.05, 3.63) is 95.3 Å². The summed E-state index contributed by atoms with van der Waals surface area (Å²) >= 11 is 0. The molecule has 0 aromatic heterocycles. The second kappa shape index (κ2) is 11.3. The van der Waals surface area contributed by atoms with Gasteiger partial charge >= 0.3 is 0 Å². The van der Waals surface area contributed by atoms with Crippen LogP contribution in [0.1, 0.15) is 74.1 Å². The van der Waals surface area contributed by atoms with E-state index in [2.05, 4.69) is 61.8 Å². The summed E-state index contributed by atoms with van der Waals surface area (Å²) in [6, 6.07) is 18.3. The molecule has 0 bridgehead atoms. The predicted molar refractivity (Wildman–Crippen MR) is 139 cm³/mol. The van der Waals surface area contributed by atoms with E-state index in [1.807, 2.05) is 24.3 Å². The summed E-state index contributed by atoms with van der Waals surface area (Å²) in [5.41, 5.74) is 4.13. The molecule has 1 heteroatoms. The maximum Gasteiger partial charge on any atom is 0.134 e. The Hall–Kier alpha value is -2.85. The van der Waals surface area contributed by atoms with Crippen LogP contribution in [0.25, 0.3) is 10.8 Å². The smallest absolute Gasteiger partial charge is 0.134 e. The Labute approximate surface area is 198 Å². The van der Waals surface area contributed by atoms with E-state index in [0.29, 0.717) is 5.39 Å². The standard InChI is InChI=1S/C32H35F/c1-3-5-24-7-11-26(12-8-24)15-16-28-18-22-31-30(23-28)21-20-29(32(31)33)19-17-27-13-9-25(6-4-2)10-14-27/h4,7-8,11-12,18,20-23,25,27H,2-3,5-6,9-10,13-14,17,19H2,1H3. The van der Waals surface area contributed by atoms with Crippen LogP contribution in [0.4, 0.5) is 4.39 Å². The number of benzene rings is 3. The van der Waals surface area contributed by atoms with Gasteiger partial charge in [-0.2, -0.15) is 0 Å². The molecule has 0 amide bonds. The Kier molecular flexibility index (Phi) is 8.01. The van der Waals surface area contributed by atoms with E-state index in [9.17, 15) is 0 Å². The second-order valence-corrected chi connectivity index (χ2v) is 9.62. The molecular weight excluding hydrogens is 403 g/mol. The minimum Gasteiger partial charge on any atom is -0.206 e. The van der Waals surface area contributed by atoms with Crippen molar-refractivity contribution in [2.24, 2.45) is 11.8 Å². The van der Waals surface area contributed by atoms with E-state index in [0.717, 1.165) is 66.0 Å². The fraction of sp³-hybridized carbons (Fsp3) is 0.375. The summed E-state index contributed by atoms with van der Waals surface area (Å²) < 4.78 is 15.2. The van der Waals surface area contributed by atoms with Gasteiger partial charge in [0.05, 0.1) is 0 Å². The fourth-order valence-corrected chi connectivity index (χ4v) is 5.15. The van der Waals surface area contributed by atoms with Crippen molar-refractivity contribution in [3.63, 3.8) is 0 Å². The molecule has 33 heavy (non-hydrogen) atoms. The molecule has 1 fully saturated rings. The van der Waals surface area contributed by atoms with Crippen molar-refractivity contribution in [2.75, 3.05) is 0 Å². The van der Waals surface area contributed by atoms with Crippen LogP contribution in [0.15, 0.2) is 67.3 Å². The molecule has 0 radical (unpaired) electrons. The van der Waals surface area contributed by atoms with E-state index in [1.165, 1.54) is 31.2 Å². The molecule has 1 saturated carbocycles. The van der Waals surface area contributed by atoms with Crippen molar-refractivity contribution in [1.82, 2.24) is 0 Å². The van der Waals surface area contributed by atoms with Gasteiger partial charge in [-0.1, -0.05) is 74.4 Å². The molecule has 0 unspecified atom stereocenters. The molecule has 0 N–H and O–H groups in total. The number of allylic oxidation sites excluding steroid dienone is 1. The van der Waals surface area contributed by atoms with Gasteiger partial charge in [0, 0.05) is 16.5 Å². The number of fused-ring (bicyclic) bond motifs is 1. The summed E-state index contributed by atoms with van der Waals surface area (Å²) in [4.78, 5) is 0. The zero-order valence-electron chi connectivity index (χ0n) is 19.9. The third-order valence-electron chi connectivity index (χ3n) is 7.17. The van der Waals surface area contributed by atoms with Crippen LogP contribution in [-0.4, -0.2) is 0 Å². The van der Waals surface area contributed by atoms with Crippen LogP contribution in [0.2, 0.25) is 0 Å². The molecule has 170 valence electrons. The Morgan fingerprint density at radius 1 is 0.879 bits per heavy atom. The highest BCUT2D eigenvalue weighted by molar-refractivity contribution is 5.85. The van der Waals surface area contributed by atoms with Gasteiger partial charge < -0.3 is 0 Å². The number of halogens is 1. The van der Waals surface area contributed by atoms with E-state index < -0.39 is 0 Å². The highest BCUT2D eigenvalue weighted by Crippen LogP contribution is 2.34. The largest absolute Gasteiger partial charge is 0.206 e. The fourth-order valence-electron chi connectivity index (χ4n) is 5.15. The van der Waals surface area contributed by atoms with Crippen LogP contribution in [0.5, 0.6) is 0 Å². The van der Waals surface area contributed by atoms with Crippen LogP contribution in [0.3, 0.4) is 0 Å². The number of hydrogen-bond acceptors (Lipinski definition) is 0. The Bertz CT molecular complexity index is 1130. The van der Waals surface area contributed by atoms with Gasteiger partial charge in [-0.15, -0.1) is 6.58 Å². The van der Waals surface area contributed by atoms with Crippen molar-refractivity contribution in [1.29, 1.82) is 0 Å². The Balaban J connectivity index is 1.41. The topological polar surface area (TPSA) is 0 Å². The number of rotatable bonds is 7. The average molecular weight is 439 g/mol. The SMILES string of the molecule is C=CCC1CCC(CCc2ccc3cc(C#Cc4ccc(CCC)cc4)ccc3c2F)CC1. The second-order valence-electron chi connectivity index (χ2n) is 9.62. The lowest BCUT2D eigenvalue weighted by Gasteiger charge is -2.28. The number of hydrogen-bond donors (Lipinski definition) is 0. The maximum absolute atomic E-state index is 15.2. The lowest BCUT2D eigenvalue weighted by Crippen LogP contribution is -2.15. The van der Waals surface area contributed by atoms with Crippen molar-refractivity contribution in [2.45, 2.75) is 64.7 Å². The molecule has 3 aromatic rings. The average Bonchev–Trinajstić information content (AvgIpc) is 2.84. The first-order valence-corrected chi connectivity index (χ1v) is 12.6. The molecule has 0 atom stereocenters. The maximum atomic E-state index is 15.2.